The summed E-state index contributed by atoms with van der Waals surface area (Å²) < 4.78 is 5.05. The van der Waals surface area contributed by atoms with Gasteiger partial charge in [0, 0.05) is 23.1 Å². The van der Waals surface area contributed by atoms with Crippen molar-refractivity contribution in [1.82, 2.24) is 4.90 Å². The summed E-state index contributed by atoms with van der Waals surface area (Å²) in [7, 11) is 1.37. The fourth-order valence-electron chi connectivity index (χ4n) is 3.66. The lowest BCUT2D eigenvalue weighted by atomic mass is 9.92. The van der Waals surface area contributed by atoms with E-state index in [1.807, 2.05) is 35.7 Å². The van der Waals surface area contributed by atoms with E-state index >= 15 is 0 Å². The highest BCUT2D eigenvalue weighted by atomic mass is 32.1. The van der Waals surface area contributed by atoms with Crippen LogP contribution >= 0.6 is 11.3 Å². The van der Waals surface area contributed by atoms with Gasteiger partial charge in [-0.3, -0.25) is 14.9 Å². The van der Waals surface area contributed by atoms with Gasteiger partial charge >= 0.3 is 5.69 Å². The third-order valence-corrected chi connectivity index (χ3v) is 5.96. The number of hydrogen-bond acceptors (Lipinski definition) is 5. The van der Waals surface area contributed by atoms with Gasteiger partial charge in [-0.25, -0.2) is 0 Å². The summed E-state index contributed by atoms with van der Waals surface area (Å²) in [6, 6.07) is 16.1. The molecule has 4 rings (SSSR count). The lowest BCUT2D eigenvalue weighted by Gasteiger charge is -2.36. The van der Waals surface area contributed by atoms with Crippen LogP contribution in [0.4, 0.5) is 5.69 Å². The number of rotatable bonds is 4. The molecule has 1 aliphatic heterocycles. The third-order valence-electron chi connectivity index (χ3n) is 4.96. The Morgan fingerprint density at radius 2 is 2.00 bits per heavy atom. The van der Waals surface area contributed by atoms with Crippen LogP contribution in [0, 0.1) is 10.1 Å². The number of methoxy groups -OCH3 is 1. The largest absolute Gasteiger partial charge is 0.490 e. The van der Waals surface area contributed by atoms with Crippen LogP contribution in [0.1, 0.15) is 32.4 Å². The minimum absolute atomic E-state index is 0.139. The molecule has 0 spiro atoms. The summed E-state index contributed by atoms with van der Waals surface area (Å²) in [6.07, 6.45) is 0.778. The fourth-order valence-corrected chi connectivity index (χ4v) is 4.57. The van der Waals surface area contributed by atoms with Crippen LogP contribution in [0.2, 0.25) is 0 Å². The molecular weight excluding hydrogens is 376 g/mol. The Labute approximate surface area is 166 Å². The molecular formula is C21H18N2O4S. The molecule has 2 aromatic carbocycles. The van der Waals surface area contributed by atoms with E-state index in [0.717, 1.165) is 17.5 Å². The van der Waals surface area contributed by atoms with Crippen LogP contribution in [0.25, 0.3) is 0 Å². The molecule has 0 fully saturated rings. The second kappa shape index (κ2) is 7.44. The number of benzene rings is 2. The summed E-state index contributed by atoms with van der Waals surface area (Å²) >= 11 is 1.70. The first-order valence-corrected chi connectivity index (χ1v) is 9.72. The first-order chi connectivity index (χ1) is 13.6. The number of carbonyl (C=O) groups excluding carboxylic acids is 1. The third kappa shape index (κ3) is 3.14. The van der Waals surface area contributed by atoms with Crippen molar-refractivity contribution in [1.29, 1.82) is 0 Å². The Bertz CT molecular complexity index is 1030. The van der Waals surface area contributed by atoms with E-state index in [-0.39, 0.29) is 28.9 Å². The van der Waals surface area contributed by atoms with Gasteiger partial charge in [0.1, 0.15) is 0 Å². The number of amides is 1. The monoisotopic (exact) mass is 394 g/mol. The minimum atomic E-state index is -0.530. The Kier molecular flexibility index (Phi) is 4.83. The minimum Gasteiger partial charge on any atom is -0.490 e. The van der Waals surface area contributed by atoms with E-state index in [9.17, 15) is 14.9 Å². The molecule has 7 heteroatoms. The second-order valence-corrected chi connectivity index (χ2v) is 7.51. The molecule has 0 bridgehead atoms. The quantitative estimate of drug-likeness (QED) is 0.484. The van der Waals surface area contributed by atoms with Gasteiger partial charge in [-0.2, -0.15) is 0 Å². The average molecular weight is 394 g/mol. The van der Waals surface area contributed by atoms with Gasteiger partial charge < -0.3 is 9.64 Å². The maximum Gasteiger partial charge on any atom is 0.311 e. The summed E-state index contributed by atoms with van der Waals surface area (Å²) in [5.74, 6) is -0.0867. The van der Waals surface area contributed by atoms with E-state index in [1.54, 1.807) is 22.3 Å². The number of thiophene rings is 1. The second-order valence-electron chi connectivity index (χ2n) is 6.50. The lowest BCUT2D eigenvalue weighted by molar-refractivity contribution is -0.385. The highest BCUT2D eigenvalue weighted by Gasteiger charge is 2.34. The van der Waals surface area contributed by atoms with Gasteiger partial charge in [0.2, 0.25) is 0 Å². The van der Waals surface area contributed by atoms with Crippen molar-refractivity contribution in [2.24, 2.45) is 0 Å². The van der Waals surface area contributed by atoms with Gasteiger partial charge in [0.15, 0.2) is 5.75 Å². The number of fused-ring (bicyclic) bond motifs is 1. The molecule has 0 saturated heterocycles. The SMILES string of the molecule is COc1ccc(C(=O)N2CCc3sccc3[C@@H]2c2ccccc2)cc1[N+](=O)[O-]. The molecule has 1 aromatic heterocycles. The van der Waals surface area contributed by atoms with Crippen molar-refractivity contribution < 1.29 is 14.5 Å². The summed E-state index contributed by atoms with van der Waals surface area (Å²) in [5, 5.41) is 13.4. The fraction of sp³-hybridized carbons (Fsp3) is 0.190. The van der Waals surface area contributed by atoms with Crippen LogP contribution < -0.4 is 4.74 Å². The molecule has 0 N–H and O–H groups in total. The van der Waals surface area contributed by atoms with Crippen molar-refractivity contribution in [2.75, 3.05) is 13.7 Å². The van der Waals surface area contributed by atoms with Gasteiger partial charge in [0.05, 0.1) is 18.1 Å². The van der Waals surface area contributed by atoms with Gasteiger partial charge in [-0.05, 0) is 41.1 Å². The van der Waals surface area contributed by atoms with Crippen molar-refractivity contribution in [3.63, 3.8) is 0 Å². The van der Waals surface area contributed by atoms with Crippen LogP contribution in [0.15, 0.2) is 60.0 Å². The predicted molar refractivity (Wildman–Crippen MR) is 107 cm³/mol. The van der Waals surface area contributed by atoms with E-state index in [1.165, 1.54) is 24.1 Å². The summed E-state index contributed by atoms with van der Waals surface area (Å²) in [6.45, 7) is 0.561. The topological polar surface area (TPSA) is 72.7 Å². The molecule has 6 nitrogen and oxygen atoms in total. The molecule has 3 aromatic rings. The van der Waals surface area contributed by atoms with Gasteiger partial charge in [-0.15, -0.1) is 11.3 Å². The zero-order chi connectivity index (χ0) is 19.7. The summed E-state index contributed by atoms with van der Waals surface area (Å²) in [5.41, 5.74) is 2.22. The lowest BCUT2D eigenvalue weighted by Crippen LogP contribution is -2.40. The number of nitro benzene ring substituents is 1. The number of ether oxygens (including phenoxy) is 1. The molecule has 0 radical (unpaired) electrons. The number of carbonyl (C=O) groups is 1. The smallest absolute Gasteiger partial charge is 0.311 e. The average Bonchev–Trinajstić information content (AvgIpc) is 3.21. The van der Waals surface area contributed by atoms with E-state index in [4.69, 9.17) is 4.74 Å². The van der Waals surface area contributed by atoms with Gasteiger partial charge in [-0.1, -0.05) is 30.3 Å². The predicted octanol–water partition coefficient (Wildman–Crippen LogP) is 4.45. The zero-order valence-corrected chi connectivity index (χ0v) is 16.0. The van der Waals surface area contributed by atoms with Crippen molar-refractivity contribution in [3.05, 3.63) is 91.7 Å². The molecule has 1 aliphatic rings. The maximum absolute atomic E-state index is 13.4. The molecule has 2 heterocycles. The van der Waals surface area contributed by atoms with E-state index < -0.39 is 4.92 Å². The van der Waals surface area contributed by atoms with Crippen LogP contribution in [0.5, 0.6) is 5.75 Å². The van der Waals surface area contributed by atoms with Crippen molar-refractivity contribution in [3.8, 4) is 5.75 Å². The molecule has 142 valence electrons. The Balaban J connectivity index is 1.76. The molecule has 1 atom stereocenters. The first kappa shape index (κ1) is 18.2. The first-order valence-electron chi connectivity index (χ1n) is 8.84. The standard InChI is InChI=1S/C21H18N2O4S/c1-27-18-8-7-15(13-17(18)23(25)26)21(24)22-11-9-19-16(10-12-28-19)20(22)14-5-3-2-4-6-14/h2-8,10,12-13,20H,9,11H2,1H3/t20-/m0/s1. The Morgan fingerprint density at radius 1 is 1.21 bits per heavy atom. The number of hydrogen-bond donors (Lipinski definition) is 0. The molecule has 0 aliphatic carbocycles. The Hall–Kier alpha value is -3.19. The van der Waals surface area contributed by atoms with Gasteiger partial charge in [0.25, 0.3) is 5.91 Å². The highest BCUT2D eigenvalue weighted by molar-refractivity contribution is 7.10. The van der Waals surface area contributed by atoms with Crippen molar-refractivity contribution in [2.45, 2.75) is 12.5 Å². The normalized spacial score (nSPS) is 15.8. The molecule has 1 amide bonds. The molecule has 28 heavy (non-hydrogen) atoms. The van der Waals surface area contributed by atoms with Crippen LogP contribution in [0.3, 0.4) is 0 Å². The zero-order valence-electron chi connectivity index (χ0n) is 15.2. The van der Waals surface area contributed by atoms with E-state index in [0.29, 0.717) is 6.54 Å². The maximum atomic E-state index is 13.4. The van der Waals surface area contributed by atoms with E-state index in [2.05, 4.69) is 6.07 Å². The van der Waals surface area contributed by atoms with Crippen LogP contribution in [-0.2, 0) is 6.42 Å². The van der Waals surface area contributed by atoms with Crippen LogP contribution in [-0.4, -0.2) is 29.4 Å². The molecule has 0 unspecified atom stereocenters. The highest BCUT2D eigenvalue weighted by Crippen LogP contribution is 2.39. The molecule has 0 saturated carbocycles. The number of nitrogens with zero attached hydrogens (tertiary/aromatic N) is 2. The van der Waals surface area contributed by atoms with Crippen molar-refractivity contribution >= 4 is 22.9 Å². The summed E-state index contributed by atoms with van der Waals surface area (Å²) in [4.78, 5) is 27.3. The number of nitro groups is 1. The Morgan fingerprint density at radius 3 is 2.71 bits per heavy atom.